The van der Waals surface area contributed by atoms with Gasteiger partial charge in [0.05, 0.1) is 17.6 Å². The van der Waals surface area contributed by atoms with Crippen LogP contribution in [0.2, 0.25) is 0 Å². The first-order chi connectivity index (χ1) is 8.00. The molecule has 0 aromatic carbocycles. The molecule has 1 aromatic heterocycles. The normalized spacial score (nSPS) is 21.5. The van der Waals surface area contributed by atoms with Gasteiger partial charge in [0, 0.05) is 30.5 Å². The Morgan fingerprint density at radius 1 is 1.59 bits per heavy atom. The Morgan fingerprint density at radius 3 is 3.00 bits per heavy atom. The average Bonchev–Trinajstić information content (AvgIpc) is 2.28. The fraction of sp³-hybridized carbons (Fsp3) is 0.500. The van der Waals surface area contributed by atoms with Gasteiger partial charge in [0.15, 0.2) is 9.84 Å². The summed E-state index contributed by atoms with van der Waals surface area (Å²) >= 11 is 1.66. The molecular formula is C10H15N3O2S2. The number of hydrogen-bond acceptors (Lipinski definition) is 6. The summed E-state index contributed by atoms with van der Waals surface area (Å²) < 4.78 is 23.5. The Kier molecular flexibility index (Phi) is 3.48. The van der Waals surface area contributed by atoms with Gasteiger partial charge in [0.2, 0.25) is 0 Å². The summed E-state index contributed by atoms with van der Waals surface area (Å²) in [6, 6.07) is 1.77. The number of hydrogen-bond donors (Lipinski definition) is 1. The van der Waals surface area contributed by atoms with Gasteiger partial charge in [-0.3, -0.25) is 4.98 Å². The third kappa shape index (κ3) is 2.66. The first-order valence-electron chi connectivity index (χ1n) is 5.23. The van der Waals surface area contributed by atoms with Crippen molar-refractivity contribution in [2.24, 2.45) is 0 Å². The van der Waals surface area contributed by atoms with Crippen molar-refractivity contribution in [3.63, 3.8) is 0 Å². The topological polar surface area (TPSA) is 76.3 Å². The van der Waals surface area contributed by atoms with Gasteiger partial charge in [-0.2, -0.15) is 11.8 Å². The minimum Gasteiger partial charge on any atom is -0.396 e. The van der Waals surface area contributed by atoms with Gasteiger partial charge in [0.1, 0.15) is 5.37 Å². The molecular weight excluding hydrogens is 258 g/mol. The maximum atomic E-state index is 11.8. The number of nitrogens with zero attached hydrogens (tertiary/aromatic N) is 2. The predicted molar refractivity (Wildman–Crippen MR) is 72.0 cm³/mol. The minimum atomic E-state index is -3.11. The first kappa shape index (κ1) is 12.5. The minimum absolute atomic E-state index is 0.494. The molecule has 94 valence electrons. The number of pyridine rings is 1. The SMILES string of the molecule is CS(=O)(=O)C1CSCCN1c1ccncc1N. The predicted octanol–water partition coefficient (Wildman–Crippen LogP) is 0.588. The molecule has 0 spiro atoms. The Bertz CT molecular complexity index is 504. The van der Waals surface area contributed by atoms with Crippen LogP contribution in [0.4, 0.5) is 11.4 Å². The van der Waals surface area contributed by atoms with Crippen LogP contribution in [0.5, 0.6) is 0 Å². The van der Waals surface area contributed by atoms with Crippen LogP contribution < -0.4 is 10.6 Å². The van der Waals surface area contributed by atoms with Crippen molar-refractivity contribution in [1.29, 1.82) is 0 Å². The van der Waals surface area contributed by atoms with Crippen LogP contribution >= 0.6 is 11.8 Å². The largest absolute Gasteiger partial charge is 0.396 e. The lowest BCUT2D eigenvalue weighted by atomic mass is 10.3. The Hall–Kier alpha value is -0.950. The molecule has 1 fully saturated rings. The fourth-order valence-corrected chi connectivity index (χ4v) is 4.70. The van der Waals surface area contributed by atoms with E-state index in [1.165, 1.54) is 6.26 Å². The van der Waals surface area contributed by atoms with Gasteiger partial charge >= 0.3 is 0 Å². The van der Waals surface area contributed by atoms with Crippen molar-refractivity contribution in [2.45, 2.75) is 5.37 Å². The third-order valence-electron chi connectivity index (χ3n) is 2.72. The molecule has 0 bridgehead atoms. The zero-order valence-corrected chi connectivity index (χ0v) is 11.2. The molecule has 0 saturated carbocycles. The molecule has 1 unspecified atom stereocenters. The van der Waals surface area contributed by atoms with E-state index >= 15 is 0 Å². The summed E-state index contributed by atoms with van der Waals surface area (Å²) in [7, 11) is -3.11. The van der Waals surface area contributed by atoms with E-state index in [4.69, 9.17) is 5.73 Å². The number of thioether (sulfide) groups is 1. The zero-order chi connectivity index (χ0) is 12.5. The molecule has 1 aromatic rings. The number of sulfone groups is 1. The maximum absolute atomic E-state index is 11.8. The van der Waals surface area contributed by atoms with Crippen LogP contribution in [-0.4, -0.2) is 43.1 Å². The molecule has 17 heavy (non-hydrogen) atoms. The van der Waals surface area contributed by atoms with E-state index in [-0.39, 0.29) is 0 Å². The van der Waals surface area contributed by atoms with E-state index in [0.717, 1.165) is 11.4 Å². The molecule has 7 heteroatoms. The van der Waals surface area contributed by atoms with E-state index in [9.17, 15) is 8.42 Å². The highest BCUT2D eigenvalue weighted by molar-refractivity contribution is 8.01. The highest BCUT2D eigenvalue weighted by atomic mass is 32.2. The lowest BCUT2D eigenvalue weighted by Gasteiger charge is -2.36. The maximum Gasteiger partial charge on any atom is 0.169 e. The Balaban J connectivity index is 2.38. The second kappa shape index (κ2) is 4.73. The van der Waals surface area contributed by atoms with E-state index in [2.05, 4.69) is 4.98 Å². The van der Waals surface area contributed by atoms with Crippen LogP contribution in [0.3, 0.4) is 0 Å². The number of nitrogens with two attached hydrogens (primary N) is 1. The lowest BCUT2D eigenvalue weighted by Crippen LogP contribution is -2.47. The van der Waals surface area contributed by atoms with Gasteiger partial charge < -0.3 is 10.6 Å². The molecule has 2 rings (SSSR count). The van der Waals surface area contributed by atoms with Gasteiger partial charge in [-0.15, -0.1) is 0 Å². The standard InChI is InChI=1S/C10H15N3O2S2/c1-17(14,15)10-7-16-5-4-13(10)9-2-3-12-6-8(9)11/h2-3,6,10H,4-5,7,11H2,1H3. The summed E-state index contributed by atoms with van der Waals surface area (Å²) in [5.41, 5.74) is 7.13. The molecule has 5 nitrogen and oxygen atoms in total. The number of aromatic nitrogens is 1. The molecule has 1 saturated heterocycles. The average molecular weight is 273 g/mol. The highest BCUT2D eigenvalue weighted by Crippen LogP contribution is 2.29. The summed E-state index contributed by atoms with van der Waals surface area (Å²) in [6.45, 7) is 0.691. The van der Waals surface area contributed by atoms with E-state index < -0.39 is 15.2 Å². The highest BCUT2D eigenvalue weighted by Gasteiger charge is 2.31. The van der Waals surface area contributed by atoms with Gasteiger partial charge in [-0.1, -0.05) is 0 Å². The summed E-state index contributed by atoms with van der Waals surface area (Å²) in [6.07, 6.45) is 4.46. The van der Waals surface area contributed by atoms with Crippen molar-refractivity contribution in [3.8, 4) is 0 Å². The number of nitrogen functional groups attached to an aromatic ring is 1. The third-order valence-corrected chi connectivity index (χ3v) is 5.36. The van der Waals surface area contributed by atoms with Crippen molar-refractivity contribution < 1.29 is 8.42 Å². The van der Waals surface area contributed by atoms with Crippen molar-refractivity contribution in [3.05, 3.63) is 18.5 Å². The summed E-state index contributed by atoms with van der Waals surface area (Å²) in [5, 5.41) is -0.494. The molecule has 0 radical (unpaired) electrons. The fourth-order valence-electron chi connectivity index (χ4n) is 1.87. The van der Waals surface area contributed by atoms with Crippen LogP contribution in [0.15, 0.2) is 18.5 Å². The zero-order valence-electron chi connectivity index (χ0n) is 9.54. The smallest absolute Gasteiger partial charge is 0.169 e. The molecule has 2 N–H and O–H groups in total. The van der Waals surface area contributed by atoms with E-state index in [0.29, 0.717) is 18.0 Å². The van der Waals surface area contributed by atoms with Crippen molar-refractivity contribution in [1.82, 2.24) is 4.98 Å². The van der Waals surface area contributed by atoms with Crippen LogP contribution in [0.25, 0.3) is 0 Å². The summed E-state index contributed by atoms with van der Waals surface area (Å²) in [4.78, 5) is 5.78. The lowest BCUT2D eigenvalue weighted by molar-refractivity contribution is 0.584. The van der Waals surface area contributed by atoms with Crippen molar-refractivity contribution in [2.75, 3.05) is 34.9 Å². The first-order valence-corrected chi connectivity index (χ1v) is 8.34. The van der Waals surface area contributed by atoms with Gasteiger partial charge in [-0.05, 0) is 6.07 Å². The second-order valence-corrected chi connectivity index (χ2v) is 7.34. The van der Waals surface area contributed by atoms with Crippen LogP contribution in [-0.2, 0) is 9.84 Å². The van der Waals surface area contributed by atoms with Crippen molar-refractivity contribution >= 4 is 33.0 Å². The number of anilines is 2. The molecule has 1 aliphatic heterocycles. The molecule has 1 aliphatic rings. The number of rotatable bonds is 2. The van der Waals surface area contributed by atoms with Crippen LogP contribution in [0.1, 0.15) is 0 Å². The quantitative estimate of drug-likeness (QED) is 0.850. The van der Waals surface area contributed by atoms with E-state index in [1.54, 1.807) is 30.2 Å². The Labute approximate surface area is 105 Å². The summed E-state index contributed by atoms with van der Waals surface area (Å²) in [5.74, 6) is 1.49. The molecule has 0 amide bonds. The van der Waals surface area contributed by atoms with Gasteiger partial charge in [-0.25, -0.2) is 8.42 Å². The second-order valence-electron chi connectivity index (χ2n) is 3.99. The van der Waals surface area contributed by atoms with Gasteiger partial charge in [0.25, 0.3) is 0 Å². The van der Waals surface area contributed by atoms with E-state index in [1.807, 2.05) is 4.90 Å². The van der Waals surface area contributed by atoms with Crippen LogP contribution in [0, 0.1) is 0 Å². The Morgan fingerprint density at radius 2 is 2.35 bits per heavy atom. The molecule has 0 aliphatic carbocycles. The monoisotopic (exact) mass is 273 g/mol. The molecule has 1 atom stereocenters. The molecule has 2 heterocycles.